The molecule has 104 valence electrons. The minimum atomic E-state index is 0.229. The second kappa shape index (κ2) is 5.41. The summed E-state index contributed by atoms with van der Waals surface area (Å²) in [5.74, 6) is 1.04. The number of benzene rings is 1. The highest BCUT2D eigenvalue weighted by atomic mass is 79.9. The molecular formula is C16H16BrNOS. The maximum atomic E-state index is 12.2. The van der Waals surface area contributed by atoms with Crippen molar-refractivity contribution >= 4 is 33.0 Å². The highest BCUT2D eigenvalue weighted by molar-refractivity contribution is 9.11. The van der Waals surface area contributed by atoms with E-state index in [0.29, 0.717) is 12.3 Å². The molecule has 1 atom stereocenters. The lowest BCUT2D eigenvalue weighted by molar-refractivity contribution is 0.0968. The largest absolute Gasteiger partial charge is 0.293 e. The molecule has 1 aliphatic rings. The average Bonchev–Trinajstić information content (AvgIpc) is 2.80. The number of nitrogens with zero attached hydrogens (tertiary/aromatic N) is 1. The Morgan fingerprint density at radius 2 is 1.95 bits per heavy atom. The molecule has 0 bridgehead atoms. The fourth-order valence-electron chi connectivity index (χ4n) is 2.69. The molecular weight excluding hydrogens is 334 g/mol. The van der Waals surface area contributed by atoms with Gasteiger partial charge in [0.15, 0.2) is 9.70 Å². The van der Waals surface area contributed by atoms with Gasteiger partial charge < -0.3 is 0 Å². The molecule has 0 fully saturated rings. The lowest BCUT2D eigenvalue weighted by atomic mass is 9.84. The fourth-order valence-corrected chi connectivity index (χ4v) is 4.16. The highest BCUT2D eigenvalue weighted by Crippen LogP contribution is 2.36. The maximum Gasteiger partial charge on any atom is 0.175 e. The van der Waals surface area contributed by atoms with Crippen molar-refractivity contribution in [1.82, 2.24) is 4.98 Å². The number of rotatable bonds is 2. The van der Waals surface area contributed by atoms with E-state index in [1.807, 2.05) is 0 Å². The molecule has 0 saturated carbocycles. The molecule has 1 aromatic carbocycles. The van der Waals surface area contributed by atoms with Gasteiger partial charge in [-0.25, -0.2) is 4.98 Å². The normalized spacial score (nSPS) is 18.4. The van der Waals surface area contributed by atoms with Gasteiger partial charge in [-0.2, -0.15) is 0 Å². The van der Waals surface area contributed by atoms with Crippen LogP contribution >= 0.6 is 27.3 Å². The Bertz CT molecular complexity index is 645. The third kappa shape index (κ3) is 2.59. The van der Waals surface area contributed by atoms with Crippen LogP contribution in [0.15, 0.2) is 28.2 Å². The Labute approximate surface area is 131 Å². The first-order chi connectivity index (χ1) is 9.54. The lowest BCUT2D eigenvalue weighted by Crippen LogP contribution is -2.17. The number of thiazole rings is 1. The van der Waals surface area contributed by atoms with Crippen LogP contribution in [0.4, 0.5) is 0 Å². The molecule has 2 aromatic rings. The zero-order chi connectivity index (χ0) is 14.3. The van der Waals surface area contributed by atoms with Gasteiger partial charge in [-0.15, -0.1) is 11.3 Å². The Morgan fingerprint density at radius 3 is 2.60 bits per heavy atom. The average molecular weight is 350 g/mol. The zero-order valence-electron chi connectivity index (χ0n) is 11.5. The predicted octanol–water partition coefficient (Wildman–Crippen LogP) is 4.94. The van der Waals surface area contributed by atoms with Gasteiger partial charge in [0, 0.05) is 6.42 Å². The van der Waals surface area contributed by atoms with Crippen molar-refractivity contribution < 1.29 is 4.79 Å². The molecule has 1 unspecified atom stereocenters. The molecule has 3 rings (SSSR count). The monoisotopic (exact) mass is 349 g/mol. The second-order valence-electron chi connectivity index (χ2n) is 5.59. The highest BCUT2D eigenvalue weighted by Gasteiger charge is 2.29. The van der Waals surface area contributed by atoms with Crippen molar-refractivity contribution in [2.75, 3.05) is 0 Å². The van der Waals surface area contributed by atoms with E-state index in [0.717, 1.165) is 20.9 Å². The minimum Gasteiger partial charge on any atom is -0.293 e. The van der Waals surface area contributed by atoms with Crippen molar-refractivity contribution in [3.63, 3.8) is 0 Å². The summed E-state index contributed by atoms with van der Waals surface area (Å²) >= 11 is 4.83. The standard InChI is InChI=1S/C16H16BrNOS/c1-9(2)10-3-5-11(6-4-10)12-7-13-15(14(19)8-12)20-16(17)18-13/h3-6,9,12H,7-8H2,1-2H3. The molecule has 1 aliphatic carbocycles. The number of carbonyl (C=O) groups is 1. The van der Waals surface area contributed by atoms with Gasteiger partial charge in [-0.05, 0) is 45.3 Å². The Kier molecular flexibility index (Phi) is 3.78. The molecule has 2 nitrogen and oxygen atoms in total. The van der Waals surface area contributed by atoms with Gasteiger partial charge in [0.2, 0.25) is 0 Å². The van der Waals surface area contributed by atoms with E-state index >= 15 is 0 Å². The van der Waals surface area contributed by atoms with Crippen LogP contribution in [0.2, 0.25) is 0 Å². The van der Waals surface area contributed by atoms with Crippen LogP contribution in [0.25, 0.3) is 0 Å². The van der Waals surface area contributed by atoms with Crippen LogP contribution < -0.4 is 0 Å². The first kappa shape index (κ1) is 14.0. The molecule has 4 heteroatoms. The predicted molar refractivity (Wildman–Crippen MR) is 85.7 cm³/mol. The minimum absolute atomic E-state index is 0.229. The molecule has 0 amide bonds. The van der Waals surface area contributed by atoms with Crippen LogP contribution in [0.3, 0.4) is 0 Å². The summed E-state index contributed by atoms with van der Waals surface area (Å²) in [7, 11) is 0. The number of hydrogen-bond acceptors (Lipinski definition) is 3. The van der Waals surface area contributed by atoms with Gasteiger partial charge in [0.1, 0.15) is 0 Å². The van der Waals surface area contributed by atoms with E-state index in [9.17, 15) is 4.79 Å². The Balaban J connectivity index is 1.87. The van der Waals surface area contributed by atoms with Crippen LogP contribution in [0, 0.1) is 0 Å². The molecule has 0 radical (unpaired) electrons. The van der Waals surface area contributed by atoms with Gasteiger partial charge in [0.05, 0.1) is 10.6 Å². The van der Waals surface area contributed by atoms with E-state index in [2.05, 4.69) is 59.0 Å². The van der Waals surface area contributed by atoms with Gasteiger partial charge in [-0.3, -0.25) is 4.79 Å². The Hall–Kier alpha value is -1.00. The van der Waals surface area contributed by atoms with Crippen molar-refractivity contribution in [2.45, 2.75) is 38.5 Å². The molecule has 0 N–H and O–H groups in total. The zero-order valence-corrected chi connectivity index (χ0v) is 13.9. The molecule has 0 spiro atoms. The van der Waals surface area contributed by atoms with Crippen LogP contribution in [0.1, 0.15) is 58.6 Å². The maximum absolute atomic E-state index is 12.2. The number of halogens is 1. The van der Waals surface area contributed by atoms with E-state index in [-0.39, 0.29) is 11.7 Å². The van der Waals surface area contributed by atoms with Crippen LogP contribution in [-0.4, -0.2) is 10.8 Å². The van der Waals surface area contributed by atoms with Crippen molar-refractivity contribution in [3.8, 4) is 0 Å². The second-order valence-corrected chi connectivity index (χ2v) is 7.87. The van der Waals surface area contributed by atoms with Crippen molar-refractivity contribution in [3.05, 3.63) is 49.9 Å². The van der Waals surface area contributed by atoms with E-state index in [1.54, 1.807) is 0 Å². The van der Waals surface area contributed by atoms with Crippen molar-refractivity contribution in [2.24, 2.45) is 0 Å². The number of ketones is 1. The summed E-state index contributed by atoms with van der Waals surface area (Å²) < 4.78 is 0.812. The van der Waals surface area contributed by atoms with Gasteiger partial charge in [-0.1, -0.05) is 38.1 Å². The lowest BCUT2D eigenvalue weighted by Gasteiger charge is -2.21. The summed E-state index contributed by atoms with van der Waals surface area (Å²) in [6.45, 7) is 4.39. The first-order valence-electron chi connectivity index (χ1n) is 6.83. The van der Waals surface area contributed by atoms with Gasteiger partial charge >= 0.3 is 0 Å². The summed E-state index contributed by atoms with van der Waals surface area (Å²) in [4.78, 5) is 17.5. The van der Waals surface area contributed by atoms with E-state index in [4.69, 9.17) is 0 Å². The molecule has 0 saturated heterocycles. The molecule has 0 aliphatic heterocycles. The third-order valence-corrected chi connectivity index (χ3v) is 5.46. The van der Waals surface area contributed by atoms with E-state index < -0.39 is 0 Å². The summed E-state index contributed by atoms with van der Waals surface area (Å²) in [5.41, 5.74) is 3.54. The summed E-state index contributed by atoms with van der Waals surface area (Å²) in [6.07, 6.45) is 1.47. The third-order valence-electron chi connectivity index (χ3n) is 3.87. The number of aromatic nitrogens is 1. The Morgan fingerprint density at radius 1 is 1.25 bits per heavy atom. The molecule has 1 heterocycles. The van der Waals surface area contributed by atoms with Crippen molar-refractivity contribution in [1.29, 1.82) is 0 Å². The van der Waals surface area contributed by atoms with Crippen LogP contribution in [0.5, 0.6) is 0 Å². The number of fused-ring (bicyclic) bond motifs is 1. The van der Waals surface area contributed by atoms with Crippen LogP contribution in [-0.2, 0) is 6.42 Å². The smallest absolute Gasteiger partial charge is 0.175 e. The SMILES string of the molecule is CC(C)c1ccc(C2CC(=O)c3sc(Br)nc3C2)cc1. The summed E-state index contributed by atoms with van der Waals surface area (Å²) in [5, 5.41) is 0. The quantitative estimate of drug-likeness (QED) is 0.768. The van der Waals surface area contributed by atoms with E-state index in [1.165, 1.54) is 22.5 Å². The topological polar surface area (TPSA) is 30.0 Å². The number of Topliss-reactive ketones (excluding diaryl/α,β-unsaturated/α-hetero) is 1. The molecule has 1 aromatic heterocycles. The first-order valence-corrected chi connectivity index (χ1v) is 8.44. The fraction of sp³-hybridized carbons (Fsp3) is 0.375. The number of carbonyl (C=O) groups excluding carboxylic acids is 1. The van der Waals surface area contributed by atoms with Gasteiger partial charge in [0.25, 0.3) is 0 Å². The molecule has 20 heavy (non-hydrogen) atoms. The summed E-state index contributed by atoms with van der Waals surface area (Å²) in [6, 6.07) is 8.69. The number of hydrogen-bond donors (Lipinski definition) is 0.